The Morgan fingerprint density at radius 1 is 1.36 bits per heavy atom. The average molecular weight is 300 g/mol. The van der Waals surface area contributed by atoms with Crippen LogP contribution in [0.3, 0.4) is 0 Å². The Hall–Kier alpha value is -1.81. The third-order valence-electron chi connectivity index (χ3n) is 4.25. The third-order valence-corrected chi connectivity index (χ3v) is 4.25. The highest BCUT2D eigenvalue weighted by Gasteiger charge is 2.18. The number of hydrogen-bond donors (Lipinski definition) is 2. The second-order valence-corrected chi connectivity index (χ2v) is 7.08. The number of hydrogen-bond acceptors (Lipinski definition) is 2. The number of fused-ring (bicyclic) bond motifs is 1. The Kier molecular flexibility index (Phi) is 3.96. The van der Waals surface area contributed by atoms with Crippen molar-refractivity contribution in [3.63, 3.8) is 0 Å². The van der Waals surface area contributed by atoms with Crippen LogP contribution in [-0.2, 0) is 10.2 Å². The van der Waals surface area contributed by atoms with Crippen molar-refractivity contribution < 1.29 is 9.53 Å². The van der Waals surface area contributed by atoms with E-state index in [1.54, 1.807) is 0 Å². The maximum absolute atomic E-state index is 12.3. The van der Waals surface area contributed by atoms with Crippen LogP contribution in [-0.4, -0.2) is 30.1 Å². The van der Waals surface area contributed by atoms with E-state index >= 15 is 0 Å². The van der Waals surface area contributed by atoms with Gasteiger partial charge in [0.25, 0.3) is 5.91 Å². The van der Waals surface area contributed by atoms with Gasteiger partial charge in [-0.05, 0) is 36.0 Å². The highest BCUT2D eigenvalue weighted by Crippen LogP contribution is 2.26. The summed E-state index contributed by atoms with van der Waals surface area (Å²) in [7, 11) is 0. The van der Waals surface area contributed by atoms with Crippen LogP contribution in [0.25, 0.3) is 10.9 Å². The molecule has 0 radical (unpaired) electrons. The zero-order chi connectivity index (χ0) is 15.7. The molecule has 118 valence electrons. The zero-order valence-electron chi connectivity index (χ0n) is 13.5. The standard InChI is InChI=1S/C18H24N2O2/c1-18(2,3)13-7-6-12-9-16(20-15(12)10-13)17(21)19-11-14-5-4-8-22-14/h6-7,9-10,14,20H,4-5,8,11H2,1-3H3,(H,19,21)/t14-/m0/s1. The summed E-state index contributed by atoms with van der Waals surface area (Å²) in [6, 6.07) is 8.24. The van der Waals surface area contributed by atoms with Gasteiger partial charge in [-0.1, -0.05) is 32.9 Å². The van der Waals surface area contributed by atoms with E-state index in [9.17, 15) is 4.79 Å². The molecule has 0 bridgehead atoms. The molecule has 2 heterocycles. The number of nitrogens with one attached hydrogen (secondary N) is 2. The van der Waals surface area contributed by atoms with Crippen molar-refractivity contribution in [3.05, 3.63) is 35.5 Å². The summed E-state index contributed by atoms with van der Waals surface area (Å²) in [4.78, 5) is 15.5. The van der Waals surface area contributed by atoms with Crippen LogP contribution in [0.2, 0.25) is 0 Å². The van der Waals surface area contributed by atoms with Crippen LogP contribution in [0.5, 0.6) is 0 Å². The predicted octanol–water partition coefficient (Wildman–Crippen LogP) is 3.37. The quantitative estimate of drug-likeness (QED) is 0.913. The number of carbonyl (C=O) groups excluding carboxylic acids is 1. The minimum absolute atomic E-state index is 0.0657. The molecule has 1 aliphatic rings. The normalized spacial score (nSPS) is 18.8. The smallest absolute Gasteiger partial charge is 0.267 e. The van der Waals surface area contributed by atoms with E-state index in [1.807, 2.05) is 6.07 Å². The largest absolute Gasteiger partial charge is 0.376 e. The Morgan fingerprint density at radius 2 is 2.18 bits per heavy atom. The second-order valence-electron chi connectivity index (χ2n) is 7.08. The van der Waals surface area contributed by atoms with E-state index in [1.165, 1.54) is 5.56 Å². The first-order valence-electron chi connectivity index (χ1n) is 7.96. The molecule has 3 rings (SSSR count). The molecule has 4 heteroatoms. The molecule has 1 amide bonds. The summed E-state index contributed by atoms with van der Waals surface area (Å²) in [6.45, 7) is 7.95. The van der Waals surface area contributed by atoms with Gasteiger partial charge in [0.15, 0.2) is 0 Å². The molecule has 0 aliphatic carbocycles. The maximum Gasteiger partial charge on any atom is 0.267 e. The van der Waals surface area contributed by atoms with Gasteiger partial charge >= 0.3 is 0 Å². The molecule has 0 saturated carbocycles. The van der Waals surface area contributed by atoms with Gasteiger partial charge in [0.05, 0.1) is 6.10 Å². The van der Waals surface area contributed by atoms with Gasteiger partial charge in [-0.3, -0.25) is 4.79 Å². The fourth-order valence-corrected chi connectivity index (χ4v) is 2.82. The van der Waals surface area contributed by atoms with Crippen molar-refractivity contribution in [2.75, 3.05) is 13.2 Å². The van der Waals surface area contributed by atoms with E-state index in [2.05, 4.69) is 49.3 Å². The molecular formula is C18H24N2O2. The number of rotatable bonds is 3. The van der Waals surface area contributed by atoms with Crippen LogP contribution in [0, 0.1) is 0 Å². The number of aromatic amines is 1. The van der Waals surface area contributed by atoms with Crippen LogP contribution in [0.15, 0.2) is 24.3 Å². The second kappa shape index (κ2) is 5.76. The van der Waals surface area contributed by atoms with E-state index in [0.717, 1.165) is 30.4 Å². The average Bonchev–Trinajstić information content (AvgIpc) is 3.11. The molecule has 2 aromatic rings. The first kappa shape index (κ1) is 15.1. The van der Waals surface area contributed by atoms with Gasteiger partial charge in [-0.15, -0.1) is 0 Å². The van der Waals surface area contributed by atoms with E-state index in [4.69, 9.17) is 4.74 Å². The molecule has 22 heavy (non-hydrogen) atoms. The first-order chi connectivity index (χ1) is 10.4. The van der Waals surface area contributed by atoms with Gasteiger partial charge < -0.3 is 15.0 Å². The van der Waals surface area contributed by atoms with Crippen molar-refractivity contribution in [2.24, 2.45) is 0 Å². The summed E-state index contributed by atoms with van der Waals surface area (Å²) >= 11 is 0. The van der Waals surface area contributed by atoms with E-state index < -0.39 is 0 Å². The van der Waals surface area contributed by atoms with Gasteiger partial charge in [-0.25, -0.2) is 0 Å². The molecule has 1 aromatic carbocycles. The Bertz CT molecular complexity index is 676. The van der Waals surface area contributed by atoms with E-state index in [0.29, 0.717) is 12.2 Å². The number of H-pyrrole nitrogens is 1. The lowest BCUT2D eigenvalue weighted by Crippen LogP contribution is -2.31. The highest BCUT2D eigenvalue weighted by molar-refractivity contribution is 5.98. The number of ether oxygens (including phenoxy) is 1. The van der Waals surface area contributed by atoms with Crippen LogP contribution < -0.4 is 5.32 Å². The molecule has 0 spiro atoms. The molecule has 0 unspecified atom stereocenters. The Morgan fingerprint density at radius 3 is 2.86 bits per heavy atom. The molecular weight excluding hydrogens is 276 g/mol. The predicted molar refractivity (Wildman–Crippen MR) is 88.3 cm³/mol. The minimum Gasteiger partial charge on any atom is -0.376 e. The SMILES string of the molecule is CC(C)(C)c1ccc2cc(C(=O)NC[C@@H]3CCCO3)[nH]c2c1. The van der Waals surface area contributed by atoms with Gasteiger partial charge in [0.1, 0.15) is 5.69 Å². The number of carbonyl (C=O) groups is 1. The molecule has 1 aromatic heterocycles. The minimum atomic E-state index is -0.0657. The lowest BCUT2D eigenvalue weighted by molar-refractivity contribution is 0.0854. The Labute approximate surface area is 131 Å². The molecule has 1 aliphatic heterocycles. The number of aromatic nitrogens is 1. The van der Waals surface area contributed by atoms with Crippen molar-refractivity contribution in [1.82, 2.24) is 10.3 Å². The molecule has 2 N–H and O–H groups in total. The third kappa shape index (κ3) is 3.17. The summed E-state index contributed by atoms with van der Waals surface area (Å²) < 4.78 is 5.53. The van der Waals surface area contributed by atoms with Crippen molar-refractivity contribution in [2.45, 2.75) is 45.1 Å². The lowest BCUT2D eigenvalue weighted by Gasteiger charge is -2.18. The molecule has 1 saturated heterocycles. The fourth-order valence-electron chi connectivity index (χ4n) is 2.82. The summed E-state index contributed by atoms with van der Waals surface area (Å²) in [5.74, 6) is -0.0657. The summed E-state index contributed by atoms with van der Waals surface area (Å²) in [6.07, 6.45) is 2.28. The van der Waals surface area contributed by atoms with Gasteiger partial charge in [0, 0.05) is 24.1 Å². The summed E-state index contributed by atoms with van der Waals surface area (Å²) in [5.41, 5.74) is 2.98. The van der Waals surface area contributed by atoms with Gasteiger partial charge in [0.2, 0.25) is 0 Å². The van der Waals surface area contributed by atoms with Crippen LogP contribution in [0.1, 0.15) is 49.7 Å². The zero-order valence-corrected chi connectivity index (χ0v) is 13.5. The highest BCUT2D eigenvalue weighted by atomic mass is 16.5. The van der Waals surface area contributed by atoms with Crippen molar-refractivity contribution >= 4 is 16.8 Å². The van der Waals surface area contributed by atoms with Crippen molar-refractivity contribution in [1.29, 1.82) is 0 Å². The van der Waals surface area contributed by atoms with Crippen LogP contribution in [0.4, 0.5) is 0 Å². The van der Waals surface area contributed by atoms with Crippen LogP contribution >= 0.6 is 0 Å². The van der Waals surface area contributed by atoms with Crippen molar-refractivity contribution in [3.8, 4) is 0 Å². The maximum atomic E-state index is 12.3. The molecule has 1 atom stereocenters. The first-order valence-corrected chi connectivity index (χ1v) is 7.96. The van der Waals surface area contributed by atoms with Gasteiger partial charge in [-0.2, -0.15) is 0 Å². The lowest BCUT2D eigenvalue weighted by atomic mass is 9.87. The Balaban J connectivity index is 1.74. The number of amides is 1. The van der Waals surface area contributed by atoms with E-state index in [-0.39, 0.29) is 17.4 Å². The fraction of sp³-hybridized carbons (Fsp3) is 0.500. The molecule has 1 fully saturated rings. The number of benzene rings is 1. The topological polar surface area (TPSA) is 54.1 Å². The monoisotopic (exact) mass is 300 g/mol. The molecule has 4 nitrogen and oxygen atoms in total. The summed E-state index contributed by atoms with van der Waals surface area (Å²) in [5, 5.41) is 4.02.